The highest BCUT2D eigenvalue weighted by Gasteiger charge is 2.26. The maximum atomic E-state index is 13.2. The largest absolute Gasteiger partial charge is 0.394 e. The van der Waals surface area contributed by atoms with E-state index in [4.69, 9.17) is 0 Å². The third-order valence-corrected chi connectivity index (χ3v) is 3.50. The van der Waals surface area contributed by atoms with Crippen LogP contribution in [0.1, 0.15) is 35.2 Å². The van der Waals surface area contributed by atoms with E-state index in [1.54, 1.807) is 17.9 Å². The van der Waals surface area contributed by atoms with Crippen LogP contribution >= 0.6 is 0 Å². The molecule has 1 atom stereocenters. The summed E-state index contributed by atoms with van der Waals surface area (Å²) < 4.78 is 13.2. The molecule has 1 aromatic rings. The minimum absolute atomic E-state index is 0.00802. The van der Waals surface area contributed by atoms with Crippen LogP contribution in [0, 0.1) is 12.7 Å². The number of hydrogen-bond donors (Lipinski definition) is 1. The molecule has 1 fully saturated rings. The Labute approximate surface area is 106 Å². The molecule has 4 heteroatoms. The molecule has 0 spiro atoms. The minimum atomic E-state index is -0.302. The van der Waals surface area contributed by atoms with Crippen LogP contribution in [-0.4, -0.2) is 35.1 Å². The molecule has 1 amide bonds. The van der Waals surface area contributed by atoms with Crippen molar-refractivity contribution in [1.29, 1.82) is 0 Å². The van der Waals surface area contributed by atoms with E-state index in [0.717, 1.165) is 19.3 Å². The number of hydrogen-bond acceptors (Lipinski definition) is 2. The number of halogens is 1. The highest BCUT2D eigenvalue weighted by molar-refractivity contribution is 5.94. The van der Waals surface area contributed by atoms with Gasteiger partial charge in [-0.05, 0) is 49.9 Å². The van der Waals surface area contributed by atoms with Gasteiger partial charge in [0.15, 0.2) is 0 Å². The van der Waals surface area contributed by atoms with Crippen molar-refractivity contribution in [3.63, 3.8) is 0 Å². The van der Waals surface area contributed by atoms with Crippen molar-refractivity contribution in [3.8, 4) is 0 Å². The van der Waals surface area contributed by atoms with Crippen LogP contribution < -0.4 is 0 Å². The average Bonchev–Trinajstić information content (AvgIpc) is 2.41. The number of aliphatic hydroxyl groups is 1. The topological polar surface area (TPSA) is 40.5 Å². The number of rotatable bonds is 2. The Morgan fingerprint density at radius 3 is 2.94 bits per heavy atom. The molecule has 0 saturated carbocycles. The molecule has 0 aliphatic carbocycles. The van der Waals surface area contributed by atoms with Gasteiger partial charge in [-0.2, -0.15) is 0 Å². The Morgan fingerprint density at radius 2 is 2.28 bits per heavy atom. The number of likely N-dealkylation sites (tertiary alicyclic amines) is 1. The van der Waals surface area contributed by atoms with Gasteiger partial charge < -0.3 is 10.0 Å². The average molecular weight is 251 g/mol. The maximum absolute atomic E-state index is 13.2. The summed E-state index contributed by atoms with van der Waals surface area (Å²) >= 11 is 0. The number of benzene rings is 1. The number of carbonyl (C=O) groups is 1. The van der Waals surface area contributed by atoms with Gasteiger partial charge in [-0.25, -0.2) is 4.39 Å². The Hall–Kier alpha value is -1.42. The number of aryl methyl sites for hydroxylation is 1. The third kappa shape index (κ3) is 2.53. The van der Waals surface area contributed by atoms with Gasteiger partial charge >= 0.3 is 0 Å². The molecule has 0 aromatic heterocycles. The van der Waals surface area contributed by atoms with Gasteiger partial charge in [0.25, 0.3) is 5.91 Å². The van der Waals surface area contributed by atoms with Crippen molar-refractivity contribution in [3.05, 3.63) is 35.1 Å². The van der Waals surface area contributed by atoms with Crippen LogP contribution in [0.4, 0.5) is 4.39 Å². The second-order valence-electron chi connectivity index (χ2n) is 4.79. The second kappa shape index (κ2) is 5.48. The van der Waals surface area contributed by atoms with Crippen molar-refractivity contribution in [1.82, 2.24) is 4.90 Å². The minimum Gasteiger partial charge on any atom is -0.394 e. The molecule has 98 valence electrons. The standard InChI is InChI=1S/C14H18FNO2/c1-10-8-11(5-6-13(10)15)14(18)16-7-3-2-4-12(16)9-17/h5-6,8,12,17H,2-4,7,9H2,1H3. The van der Waals surface area contributed by atoms with Crippen LogP contribution in [0.25, 0.3) is 0 Å². The second-order valence-corrected chi connectivity index (χ2v) is 4.79. The highest BCUT2D eigenvalue weighted by Crippen LogP contribution is 2.20. The molecule has 0 bridgehead atoms. The Morgan fingerprint density at radius 1 is 1.50 bits per heavy atom. The van der Waals surface area contributed by atoms with Crippen molar-refractivity contribution in [2.45, 2.75) is 32.2 Å². The van der Waals surface area contributed by atoms with Gasteiger partial charge in [0.2, 0.25) is 0 Å². The summed E-state index contributed by atoms with van der Waals surface area (Å²) in [5.74, 6) is -0.416. The van der Waals surface area contributed by atoms with E-state index in [2.05, 4.69) is 0 Å². The fourth-order valence-corrected chi connectivity index (χ4v) is 2.40. The van der Waals surface area contributed by atoms with Crippen LogP contribution in [0.2, 0.25) is 0 Å². The van der Waals surface area contributed by atoms with Gasteiger partial charge in [-0.15, -0.1) is 0 Å². The predicted molar refractivity (Wildman–Crippen MR) is 66.9 cm³/mol. The van der Waals surface area contributed by atoms with E-state index >= 15 is 0 Å². The van der Waals surface area contributed by atoms with Crippen LogP contribution in [0.3, 0.4) is 0 Å². The fraction of sp³-hybridized carbons (Fsp3) is 0.500. The molecule has 1 aliphatic rings. The first kappa shape index (κ1) is 13.0. The molecule has 1 aromatic carbocycles. The van der Waals surface area contributed by atoms with Crippen LogP contribution in [0.15, 0.2) is 18.2 Å². The smallest absolute Gasteiger partial charge is 0.254 e. The summed E-state index contributed by atoms with van der Waals surface area (Å²) in [7, 11) is 0. The first-order valence-electron chi connectivity index (χ1n) is 6.31. The quantitative estimate of drug-likeness (QED) is 0.874. The van der Waals surface area contributed by atoms with E-state index in [9.17, 15) is 14.3 Å². The molecule has 2 rings (SSSR count). The number of amides is 1. The van der Waals surface area contributed by atoms with E-state index in [-0.39, 0.29) is 24.4 Å². The molecule has 1 N–H and O–H groups in total. The third-order valence-electron chi connectivity index (χ3n) is 3.50. The van der Waals surface area contributed by atoms with E-state index in [0.29, 0.717) is 17.7 Å². The van der Waals surface area contributed by atoms with Crippen molar-refractivity contribution in [2.75, 3.05) is 13.2 Å². The molecular formula is C14H18FNO2. The van der Waals surface area contributed by atoms with Gasteiger partial charge in [0.1, 0.15) is 5.82 Å². The number of carbonyl (C=O) groups excluding carboxylic acids is 1. The van der Waals surface area contributed by atoms with E-state index in [1.165, 1.54) is 12.1 Å². The summed E-state index contributed by atoms with van der Waals surface area (Å²) in [6.07, 6.45) is 2.84. The highest BCUT2D eigenvalue weighted by atomic mass is 19.1. The first-order valence-corrected chi connectivity index (χ1v) is 6.31. The molecule has 0 radical (unpaired) electrons. The molecule has 1 heterocycles. The van der Waals surface area contributed by atoms with Crippen LogP contribution in [0.5, 0.6) is 0 Å². The predicted octanol–water partition coefficient (Wildman–Crippen LogP) is 2.12. The summed E-state index contributed by atoms with van der Waals surface area (Å²) in [5, 5.41) is 9.30. The molecule has 1 saturated heterocycles. The van der Waals surface area contributed by atoms with Crippen LogP contribution in [-0.2, 0) is 0 Å². The Bertz CT molecular complexity index is 447. The lowest BCUT2D eigenvalue weighted by atomic mass is 10.0. The maximum Gasteiger partial charge on any atom is 0.254 e. The lowest BCUT2D eigenvalue weighted by molar-refractivity contribution is 0.0503. The molecule has 18 heavy (non-hydrogen) atoms. The lowest BCUT2D eigenvalue weighted by Crippen LogP contribution is -2.45. The Balaban J connectivity index is 2.21. The van der Waals surface area contributed by atoms with Crippen molar-refractivity contribution in [2.24, 2.45) is 0 Å². The van der Waals surface area contributed by atoms with E-state index < -0.39 is 0 Å². The number of aliphatic hydroxyl groups excluding tert-OH is 1. The summed E-state index contributed by atoms with van der Waals surface area (Å²) in [5.41, 5.74) is 0.965. The van der Waals surface area contributed by atoms with Gasteiger partial charge in [-0.3, -0.25) is 4.79 Å². The van der Waals surface area contributed by atoms with Gasteiger partial charge in [0, 0.05) is 12.1 Å². The van der Waals surface area contributed by atoms with Crippen molar-refractivity contribution >= 4 is 5.91 Å². The molecule has 3 nitrogen and oxygen atoms in total. The zero-order valence-corrected chi connectivity index (χ0v) is 10.5. The normalized spacial score (nSPS) is 19.9. The van der Waals surface area contributed by atoms with Gasteiger partial charge in [-0.1, -0.05) is 0 Å². The van der Waals surface area contributed by atoms with Crippen molar-refractivity contribution < 1.29 is 14.3 Å². The number of nitrogens with zero attached hydrogens (tertiary/aromatic N) is 1. The summed E-state index contributed by atoms with van der Waals surface area (Å²) in [6.45, 7) is 2.30. The SMILES string of the molecule is Cc1cc(C(=O)N2CCCCC2CO)ccc1F. The van der Waals surface area contributed by atoms with Gasteiger partial charge in [0.05, 0.1) is 12.6 Å². The summed E-state index contributed by atoms with van der Waals surface area (Å²) in [4.78, 5) is 14.0. The fourth-order valence-electron chi connectivity index (χ4n) is 2.40. The zero-order valence-electron chi connectivity index (χ0n) is 10.5. The molecular weight excluding hydrogens is 233 g/mol. The lowest BCUT2D eigenvalue weighted by Gasteiger charge is -2.34. The zero-order chi connectivity index (χ0) is 13.1. The summed E-state index contributed by atoms with van der Waals surface area (Å²) in [6, 6.07) is 4.30. The first-order chi connectivity index (χ1) is 8.63. The molecule has 1 unspecified atom stereocenters. The number of piperidine rings is 1. The van der Waals surface area contributed by atoms with E-state index in [1.807, 2.05) is 0 Å². The monoisotopic (exact) mass is 251 g/mol. The Kier molecular flexibility index (Phi) is 3.97. The molecule has 1 aliphatic heterocycles.